The minimum absolute atomic E-state index is 0.00425. The van der Waals surface area contributed by atoms with Crippen LogP contribution in [0, 0.1) is 0 Å². The van der Waals surface area contributed by atoms with Crippen LogP contribution in [0.2, 0.25) is 0 Å². The van der Waals surface area contributed by atoms with Gasteiger partial charge in [-0.25, -0.2) is 4.79 Å². The maximum atomic E-state index is 12.7. The highest BCUT2D eigenvalue weighted by molar-refractivity contribution is 5.93. The number of carbonyl (C=O) groups excluding carboxylic acids is 4. The highest BCUT2D eigenvalue weighted by atomic mass is 16.6. The number of rotatable bonds is 12. The Kier molecular flexibility index (Phi) is 10.7. The van der Waals surface area contributed by atoms with E-state index in [-0.39, 0.29) is 30.9 Å². The average Bonchev–Trinajstić information content (AvgIpc) is 2.81. The van der Waals surface area contributed by atoms with E-state index in [0.29, 0.717) is 12.8 Å². The van der Waals surface area contributed by atoms with Crippen molar-refractivity contribution in [3.8, 4) is 5.75 Å². The van der Waals surface area contributed by atoms with Gasteiger partial charge in [0.05, 0.1) is 0 Å². The number of aryl methyl sites for hydroxylation is 1. The van der Waals surface area contributed by atoms with E-state index in [0.717, 1.165) is 5.56 Å². The zero-order valence-corrected chi connectivity index (χ0v) is 19.2. The third-order valence-corrected chi connectivity index (χ3v) is 4.54. The Labute approximate surface area is 198 Å². The van der Waals surface area contributed by atoms with Crippen molar-refractivity contribution >= 4 is 23.9 Å². The van der Waals surface area contributed by atoms with Crippen molar-refractivity contribution in [2.45, 2.75) is 45.3 Å². The molecule has 2 N–H and O–H groups in total. The first-order valence-electron chi connectivity index (χ1n) is 10.9. The van der Waals surface area contributed by atoms with Crippen LogP contribution in [0.5, 0.6) is 5.75 Å². The summed E-state index contributed by atoms with van der Waals surface area (Å²) in [4.78, 5) is 47.9. The van der Waals surface area contributed by atoms with E-state index >= 15 is 0 Å². The molecule has 1 unspecified atom stereocenters. The summed E-state index contributed by atoms with van der Waals surface area (Å²) in [5.74, 6) is -2.60. The van der Waals surface area contributed by atoms with Crippen LogP contribution in [-0.2, 0) is 35.0 Å². The summed E-state index contributed by atoms with van der Waals surface area (Å²) in [5, 5.41) is 0. The predicted molar refractivity (Wildman–Crippen MR) is 122 cm³/mol. The first-order valence-corrected chi connectivity index (χ1v) is 10.9. The normalized spacial score (nSPS) is 12.2. The van der Waals surface area contributed by atoms with Gasteiger partial charge in [-0.3, -0.25) is 14.4 Å². The first kappa shape index (κ1) is 26.5. The Balaban J connectivity index is 1.96. The van der Waals surface area contributed by atoms with Crippen LogP contribution in [0.1, 0.15) is 42.6 Å². The third-order valence-electron chi connectivity index (χ3n) is 4.54. The van der Waals surface area contributed by atoms with Gasteiger partial charge in [-0.15, -0.1) is 0 Å². The molecule has 0 aliphatic heterocycles. The average molecular weight is 472 g/mol. The summed E-state index contributed by atoms with van der Waals surface area (Å²) in [6, 6.07) is 14.9. The molecule has 0 spiro atoms. The zero-order valence-electron chi connectivity index (χ0n) is 19.2. The maximum absolute atomic E-state index is 12.7. The molecule has 2 aromatic carbocycles. The minimum Gasteiger partial charge on any atom is -0.462 e. The van der Waals surface area contributed by atoms with Crippen molar-refractivity contribution in [1.29, 1.82) is 0 Å². The van der Waals surface area contributed by atoms with E-state index < -0.39 is 36.0 Å². The second-order valence-corrected chi connectivity index (χ2v) is 7.56. The van der Waals surface area contributed by atoms with Crippen molar-refractivity contribution in [3.05, 3.63) is 65.7 Å². The Morgan fingerprint density at radius 3 is 2.24 bits per heavy atom. The van der Waals surface area contributed by atoms with Crippen molar-refractivity contribution in [2.24, 2.45) is 5.73 Å². The van der Waals surface area contributed by atoms with Gasteiger partial charge in [0.25, 0.3) is 0 Å². The number of para-hydroxylation sites is 1. The first-order chi connectivity index (χ1) is 16.3. The highest BCUT2D eigenvalue weighted by Gasteiger charge is 2.23. The number of hydrogen-bond acceptors (Lipinski definition) is 9. The molecule has 0 aromatic heterocycles. The largest absolute Gasteiger partial charge is 0.462 e. The molecule has 0 heterocycles. The molecule has 34 heavy (non-hydrogen) atoms. The van der Waals surface area contributed by atoms with E-state index in [9.17, 15) is 19.2 Å². The second-order valence-electron chi connectivity index (χ2n) is 7.56. The fourth-order valence-corrected chi connectivity index (χ4v) is 2.86. The molecule has 2 atom stereocenters. The molecule has 0 fully saturated rings. The van der Waals surface area contributed by atoms with Gasteiger partial charge in [0.1, 0.15) is 30.6 Å². The molecule has 2 aromatic rings. The molecule has 0 saturated carbocycles. The Morgan fingerprint density at radius 1 is 0.912 bits per heavy atom. The van der Waals surface area contributed by atoms with Crippen LogP contribution in [-0.4, -0.2) is 49.2 Å². The molecule has 0 aliphatic rings. The van der Waals surface area contributed by atoms with Crippen LogP contribution in [0.3, 0.4) is 0 Å². The van der Waals surface area contributed by atoms with E-state index in [1.807, 2.05) is 30.3 Å². The molecule has 182 valence electrons. The van der Waals surface area contributed by atoms with Gasteiger partial charge in [0, 0.05) is 13.3 Å². The van der Waals surface area contributed by atoms with Gasteiger partial charge >= 0.3 is 23.9 Å². The van der Waals surface area contributed by atoms with Gasteiger partial charge in [0.2, 0.25) is 0 Å². The Morgan fingerprint density at radius 2 is 1.56 bits per heavy atom. The molecular weight excluding hydrogens is 442 g/mol. The molecule has 0 radical (unpaired) electrons. The predicted octanol–water partition coefficient (Wildman–Crippen LogP) is 2.59. The summed E-state index contributed by atoms with van der Waals surface area (Å²) in [5.41, 5.74) is 6.59. The van der Waals surface area contributed by atoms with Crippen molar-refractivity contribution < 1.29 is 38.1 Å². The second kappa shape index (κ2) is 13.7. The summed E-state index contributed by atoms with van der Waals surface area (Å²) in [7, 11) is 0. The van der Waals surface area contributed by atoms with Gasteiger partial charge in [-0.1, -0.05) is 42.5 Å². The lowest BCUT2D eigenvalue weighted by atomic mass is 10.1. The van der Waals surface area contributed by atoms with Crippen LogP contribution in [0.25, 0.3) is 0 Å². The third kappa shape index (κ3) is 9.41. The maximum Gasteiger partial charge on any atom is 0.342 e. The van der Waals surface area contributed by atoms with Crippen LogP contribution >= 0.6 is 0 Å². The monoisotopic (exact) mass is 471 g/mol. The smallest absolute Gasteiger partial charge is 0.342 e. The van der Waals surface area contributed by atoms with E-state index in [1.165, 1.54) is 26.0 Å². The molecule has 9 heteroatoms. The van der Waals surface area contributed by atoms with Gasteiger partial charge < -0.3 is 24.7 Å². The topological polar surface area (TPSA) is 131 Å². The van der Waals surface area contributed by atoms with Gasteiger partial charge in [-0.2, -0.15) is 0 Å². The fourth-order valence-electron chi connectivity index (χ4n) is 2.86. The molecule has 0 bridgehead atoms. The Bertz CT molecular complexity index is 974. The number of esters is 4. The van der Waals surface area contributed by atoms with Gasteiger partial charge in [0.15, 0.2) is 6.10 Å². The lowest BCUT2D eigenvalue weighted by Gasteiger charge is -2.19. The van der Waals surface area contributed by atoms with Crippen LogP contribution in [0.4, 0.5) is 0 Å². The summed E-state index contributed by atoms with van der Waals surface area (Å²) in [6.45, 7) is 1.97. The van der Waals surface area contributed by atoms with Crippen LogP contribution < -0.4 is 10.5 Å². The summed E-state index contributed by atoms with van der Waals surface area (Å²) < 4.78 is 20.7. The molecule has 9 nitrogen and oxygen atoms in total. The molecule has 0 amide bonds. The van der Waals surface area contributed by atoms with Gasteiger partial charge in [-0.05, 0) is 37.5 Å². The number of benzene rings is 2. The van der Waals surface area contributed by atoms with Crippen molar-refractivity contribution in [2.75, 3.05) is 13.2 Å². The lowest BCUT2D eigenvalue weighted by molar-refractivity contribution is -0.153. The van der Waals surface area contributed by atoms with E-state index in [2.05, 4.69) is 0 Å². The summed E-state index contributed by atoms with van der Waals surface area (Å²) >= 11 is 0. The molecule has 2 rings (SSSR count). The molecule has 0 aliphatic carbocycles. The van der Waals surface area contributed by atoms with Crippen LogP contribution in [0.15, 0.2) is 54.6 Å². The SMILES string of the molecule is CC(=O)Oc1ccccc1C(=O)OC(COC(=O)CCCc1ccccc1)COC(=O)[C@@H](C)N. The van der Waals surface area contributed by atoms with Crippen molar-refractivity contribution in [1.82, 2.24) is 0 Å². The lowest BCUT2D eigenvalue weighted by Crippen LogP contribution is -2.35. The number of nitrogens with two attached hydrogens (primary N) is 1. The molecule has 0 saturated heterocycles. The zero-order chi connectivity index (χ0) is 24.9. The Hall–Kier alpha value is -3.72. The minimum atomic E-state index is -1.08. The number of carbonyl (C=O) groups is 4. The standard InChI is InChI=1S/C25H29NO8/c1-17(26)24(29)32-16-20(15-31-23(28)14-8-11-19-9-4-3-5-10-19)34-25(30)21-12-6-7-13-22(21)33-18(2)27/h3-7,9-10,12-13,17,20H,8,11,14-16,26H2,1-2H3/t17-,20?/m1/s1. The fraction of sp³-hybridized carbons (Fsp3) is 0.360. The number of ether oxygens (including phenoxy) is 4. The quantitative estimate of drug-likeness (QED) is 0.282. The number of hydrogen-bond donors (Lipinski definition) is 1. The highest BCUT2D eigenvalue weighted by Crippen LogP contribution is 2.20. The van der Waals surface area contributed by atoms with E-state index in [1.54, 1.807) is 12.1 Å². The van der Waals surface area contributed by atoms with E-state index in [4.69, 9.17) is 24.7 Å². The van der Waals surface area contributed by atoms with Crippen molar-refractivity contribution in [3.63, 3.8) is 0 Å². The summed E-state index contributed by atoms with van der Waals surface area (Å²) in [6.07, 6.45) is 0.388. The molecular formula is C25H29NO8.